The molecule has 53 heavy (non-hydrogen) atoms. The van der Waals surface area contributed by atoms with E-state index in [2.05, 4.69) is 21.3 Å². The lowest BCUT2D eigenvalue weighted by atomic mass is 10.0. The Labute approximate surface area is 307 Å². The van der Waals surface area contributed by atoms with Gasteiger partial charge in [-0.3, -0.25) is 24.0 Å². The van der Waals surface area contributed by atoms with Gasteiger partial charge in [-0.25, -0.2) is 4.39 Å². The number of nitrogens with zero attached hydrogens (tertiary/aromatic N) is 1. The number of nitrogens with one attached hydrogen (secondary N) is 4. The SMILES string of the molecule is CC(=O)NC1Cc2cccc(c2)Oc2ccc(cc2)CC(C(=O)NCc2ccccc2F)NC(=O)[C@H](CC(=O)N2CCC[C@@H]2c2ccccc2)NC1=O. The summed E-state index contributed by atoms with van der Waals surface area (Å²) in [4.78, 5) is 69.9. The van der Waals surface area contributed by atoms with E-state index in [9.17, 15) is 28.4 Å². The van der Waals surface area contributed by atoms with Crippen molar-refractivity contribution in [2.45, 2.75) is 69.7 Å². The molecule has 4 aromatic rings. The molecule has 12 heteroatoms. The van der Waals surface area contributed by atoms with E-state index in [-0.39, 0.29) is 36.9 Å². The van der Waals surface area contributed by atoms with Crippen LogP contribution in [0, 0.1) is 5.82 Å². The Morgan fingerprint density at radius 3 is 2.34 bits per heavy atom. The monoisotopic (exact) mass is 719 g/mol. The van der Waals surface area contributed by atoms with Crippen LogP contribution >= 0.6 is 0 Å². The molecule has 0 spiro atoms. The normalized spacial score (nSPS) is 20.4. The Balaban J connectivity index is 1.32. The van der Waals surface area contributed by atoms with Crippen molar-refractivity contribution in [3.8, 4) is 11.5 Å². The fourth-order valence-corrected chi connectivity index (χ4v) is 6.78. The Kier molecular flexibility index (Phi) is 11.8. The van der Waals surface area contributed by atoms with Gasteiger partial charge in [0.1, 0.15) is 35.4 Å². The van der Waals surface area contributed by atoms with Crippen LogP contribution in [0.1, 0.15) is 54.5 Å². The van der Waals surface area contributed by atoms with E-state index in [4.69, 9.17) is 4.74 Å². The lowest BCUT2D eigenvalue weighted by molar-refractivity contribution is -0.138. The molecule has 0 saturated carbocycles. The van der Waals surface area contributed by atoms with Gasteiger partial charge in [0.25, 0.3) is 0 Å². The van der Waals surface area contributed by atoms with Gasteiger partial charge in [-0.05, 0) is 59.9 Å². The molecule has 3 aliphatic rings. The minimum atomic E-state index is -1.40. The number of amides is 5. The molecule has 0 aromatic heterocycles. The first kappa shape index (κ1) is 36.7. The van der Waals surface area contributed by atoms with Gasteiger partial charge in [-0.2, -0.15) is 0 Å². The molecule has 4 aromatic carbocycles. The standard InChI is InChI=1S/C41H42FN5O6/c1-26(48)44-35-23-28-9-7-13-32(21-28)53-31-18-16-27(17-19-31)22-34(39(50)43-25-30-12-5-6-14-33(30)42)45-41(52)36(46-40(35)51)24-38(49)47-20-8-15-37(47)29-10-3-2-4-11-29/h2-7,9-14,16-19,21,34-37H,8,15,20,22-25H2,1H3,(H,43,50)(H,44,48)(H,45,52)(H,46,51)/t34?,35?,36-,37+/m0/s1. The third-order valence-electron chi connectivity index (χ3n) is 9.44. The molecule has 2 unspecified atom stereocenters. The first-order chi connectivity index (χ1) is 25.6. The van der Waals surface area contributed by atoms with Gasteiger partial charge in [-0.15, -0.1) is 0 Å². The molecule has 11 nitrogen and oxygen atoms in total. The number of ether oxygens (including phenoxy) is 1. The number of carbonyl (C=O) groups is 5. The molecule has 274 valence electrons. The largest absolute Gasteiger partial charge is 0.457 e. The van der Waals surface area contributed by atoms with Crippen LogP contribution in [0.25, 0.3) is 0 Å². The van der Waals surface area contributed by atoms with E-state index in [0.717, 1.165) is 18.4 Å². The molecule has 4 atom stereocenters. The van der Waals surface area contributed by atoms with E-state index in [1.807, 2.05) is 30.3 Å². The van der Waals surface area contributed by atoms with Gasteiger partial charge in [0.2, 0.25) is 29.5 Å². The number of benzene rings is 4. The minimum Gasteiger partial charge on any atom is -0.457 e. The second-order valence-electron chi connectivity index (χ2n) is 13.3. The van der Waals surface area contributed by atoms with Crippen molar-refractivity contribution in [1.82, 2.24) is 26.2 Å². The average molecular weight is 720 g/mol. The Hall–Kier alpha value is -6.04. The smallest absolute Gasteiger partial charge is 0.243 e. The summed E-state index contributed by atoms with van der Waals surface area (Å²) in [7, 11) is 0. The summed E-state index contributed by atoms with van der Waals surface area (Å²) in [6.07, 6.45) is 1.22. The van der Waals surface area contributed by atoms with E-state index in [1.165, 1.54) is 13.0 Å². The van der Waals surface area contributed by atoms with Crippen molar-refractivity contribution in [1.29, 1.82) is 0 Å². The molecule has 5 amide bonds. The third-order valence-corrected chi connectivity index (χ3v) is 9.44. The summed E-state index contributed by atoms with van der Waals surface area (Å²) >= 11 is 0. The molecule has 4 N–H and O–H groups in total. The molecular weight excluding hydrogens is 677 g/mol. The van der Waals surface area contributed by atoms with Crippen molar-refractivity contribution in [2.24, 2.45) is 0 Å². The fourth-order valence-electron chi connectivity index (χ4n) is 6.78. The molecule has 7 rings (SSSR count). The van der Waals surface area contributed by atoms with Crippen LogP contribution in [-0.4, -0.2) is 59.1 Å². The topological polar surface area (TPSA) is 146 Å². The molecule has 0 radical (unpaired) electrons. The summed E-state index contributed by atoms with van der Waals surface area (Å²) in [6.45, 7) is 1.63. The predicted molar refractivity (Wildman–Crippen MR) is 195 cm³/mol. The summed E-state index contributed by atoms with van der Waals surface area (Å²) in [5.41, 5.74) is 2.60. The van der Waals surface area contributed by atoms with Gasteiger partial charge < -0.3 is 30.9 Å². The van der Waals surface area contributed by atoms with Crippen molar-refractivity contribution >= 4 is 29.5 Å². The predicted octanol–water partition coefficient (Wildman–Crippen LogP) is 4.26. The maximum absolute atomic E-state index is 14.4. The molecule has 3 heterocycles. The van der Waals surface area contributed by atoms with Gasteiger partial charge in [0.05, 0.1) is 12.5 Å². The number of hydrogen-bond acceptors (Lipinski definition) is 6. The van der Waals surface area contributed by atoms with Gasteiger partial charge >= 0.3 is 0 Å². The first-order valence-electron chi connectivity index (χ1n) is 17.7. The van der Waals surface area contributed by atoms with Crippen LogP contribution in [0.3, 0.4) is 0 Å². The van der Waals surface area contributed by atoms with Crippen molar-refractivity contribution in [3.63, 3.8) is 0 Å². The molecule has 3 aliphatic heterocycles. The van der Waals surface area contributed by atoms with Crippen molar-refractivity contribution in [2.75, 3.05) is 6.54 Å². The van der Waals surface area contributed by atoms with E-state index in [0.29, 0.717) is 29.2 Å². The highest BCUT2D eigenvalue weighted by molar-refractivity contribution is 5.96. The van der Waals surface area contributed by atoms with E-state index >= 15 is 0 Å². The highest BCUT2D eigenvalue weighted by Crippen LogP contribution is 2.32. The zero-order valence-electron chi connectivity index (χ0n) is 29.3. The summed E-state index contributed by atoms with van der Waals surface area (Å²) in [5, 5.41) is 10.9. The number of carbonyl (C=O) groups excluding carboxylic acids is 5. The van der Waals surface area contributed by atoms with Crippen LogP contribution < -0.4 is 26.0 Å². The number of rotatable bonds is 7. The van der Waals surface area contributed by atoms with Gasteiger partial charge in [-0.1, -0.05) is 72.8 Å². The fraction of sp³-hybridized carbons (Fsp3) is 0.293. The molecule has 0 aliphatic carbocycles. The third kappa shape index (κ3) is 9.65. The van der Waals surface area contributed by atoms with Crippen molar-refractivity contribution in [3.05, 3.63) is 131 Å². The highest BCUT2D eigenvalue weighted by Gasteiger charge is 2.36. The number of likely N-dealkylation sites (tertiary alicyclic amines) is 1. The first-order valence-corrected chi connectivity index (χ1v) is 17.7. The maximum atomic E-state index is 14.4. The van der Waals surface area contributed by atoms with Gasteiger partial charge in [0.15, 0.2) is 0 Å². The van der Waals surface area contributed by atoms with Crippen LogP contribution in [0.5, 0.6) is 11.5 Å². The summed E-state index contributed by atoms with van der Waals surface area (Å²) in [5.74, 6) is -2.31. The van der Waals surface area contributed by atoms with Crippen LogP contribution in [0.4, 0.5) is 4.39 Å². The lowest BCUT2D eigenvalue weighted by Crippen LogP contribution is -2.58. The number of fused-ring (bicyclic) bond motifs is 10. The quantitative estimate of drug-likeness (QED) is 0.225. The Morgan fingerprint density at radius 2 is 1.58 bits per heavy atom. The van der Waals surface area contributed by atoms with E-state index < -0.39 is 54.0 Å². The lowest BCUT2D eigenvalue weighted by Gasteiger charge is -2.29. The van der Waals surface area contributed by atoms with E-state index in [1.54, 1.807) is 71.6 Å². The average Bonchev–Trinajstić information content (AvgIpc) is 3.65. The number of halogens is 1. The molecule has 1 saturated heterocycles. The summed E-state index contributed by atoms with van der Waals surface area (Å²) in [6, 6.07) is 25.9. The minimum absolute atomic E-state index is 0.0376. The van der Waals surface area contributed by atoms with Crippen LogP contribution in [0.2, 0.25) is 0 Å². The Morgan fingerprint density at radius 1 is 0.830 bits per heavy atom. The van der Waals surface area contributed by atoms with Gasteiger partial charge in [0, 0.05) is 38.4 Å². The maximum Gasteiger partial charge on any atom is 0.243 e. The second kappa shape index (κ2) is 17.0. The highest BCUT2D eigenvalue weighted by atomic mass is 19.1. The van der Waals surface area contributed by atoms with Crippen LogP contribution in [0.15, 0.2) is 103 Å². The molecule has 1 fully saturated rings. The second-order valence-corrected chi connectivity index (χ2v) is 13.3. The number of hydrogen-bond donors (Lipinski definition) is 4. The Bertz CT molecular complexity index is 1960. The zero-order valence-corrected chi connectivity index (χ0v) is 29.3. The zero-order chi connectivity index (χ0) is 37.3. The summed E-state index contributed by atoms with van der Waals surface area (Å²) < 4.78 is 20.5. The van der Waals surface area contributed by atoms with Crippen LogP contribution in [-0.2, 0) is 43.4 Å². The molecular formula is C41H42FN5O6. The van der Waals surface area contributed by atoms with Crippen molar-refractivity contribution < 1.29 is 33.1 Å². The molecule has 4 bridgehead atoms.